The van der Waals surface area contributed by atoms with Crippen LogP contribution in [0.5, 0.6) is 0 Å². The molecule has 0 radical (unpaired) electrons. The van der Waals surface area contributed by atoms with Crippen LogP contribution in [0.4, 0.5) is 0 Å². The summed E-state index contributed by atoms with van der Waals surface area (Å²) in [6, 6.07) is 0. The number of carbonyl (C=O) groups is 3. The summed E-state index contributed by atoms with van der Waals surface area (Å²) in [5.41, 5.74) is 0. The summed E-state index contributed by atoms with van der Waals surface area (Å²) < 4.78 is 4.61. The van der Waals surface area contributed by atoms with Crippen molar-refractivity contribution >= 4 is 17.9 Å². The summed E-state index contributed by atoms with van der Waals surface area (Å²) in [6.45, 7) is 2.04. The van der Waals surface area contributed by atoms with Crippen LogP contribution in [0.3, 0.4) is 0 Å². The molecule has 1 rings (SSSR count). The Labute approximate surface area is 119 Å². The van der Waals surface area contributed by atoms with Gasteiger partial charge < -0.3 is 9.84 Å². The molecule has 5 nitrogen and oxygen atoms in total. The molecule has 1 aliphatic heterocycles. The first-order valence-corrected chi connectivity index (χ1v) is 7.51. The third-order valence-corrected chi connectivity index (χ3v) is 3.96. The van der Waals surface area contributed by atoms with Gasteiger partial charge >= 0.3 is 17.9 Å². The minimum Gasteiger partial charge on any atom is -0.481 e. The van der Waals surface area contributed by atoms with E-state index in [4.69, 9.17) is 5.11 Å². The molecule has 0 saturated carbocycles. The monoisotopic (exact) mass is 284 g/mol. The van der Waals surface area contributed by atoms with Gasteiger partial charge in [-0.2, -0.15) is 0 Å². The van der Waals surface area contributed by atoms with Gasteiger partial charge in [0.25, 0.3) is 0 Å². The average Bonchev–Trinajstić information content (AvgIpc) is 2.71. The molecule has 1 aliphatic rings. The molecule has 114 valence electrons. The lowest BCUT2D eigenvalue weighted by Gasteiger charge is -2.18. The number of carboxylic acid groups (broad SMARTS) is 1. The molecule has 1 heterocycles. The lowest BCUT2D eigenvalue weighted by atomic mass is 9.84. The molecular weight excluding hydrogens is 260 g/mol. The fourth-order valence-corrected chi connectivity index (χ4v) is 2.75. The number of aliphatic carboxylic acids is 1. The fraction of sp³-hybridized carbons (Fsp3) is 0.800. The Bertz CT molecular complexity index is 350. The third kappa shape index (κ3) is 5.72. The predicted molar refractivity (Wildman–Crippen MR) is 72.9 cm³/mol. The zero-order chi connectivity index (χ0) is 15.0. The molecular formula is C15H24O5. The van der Waals surface area contributed by atoms with E-state index in [1.807, 2.05) is 6.92 Å². The first-order valence-electron chi connectivity index (χ1n) is 7.51. The van der Waals surface area contributed by atoms with Crippen LogP contribution in [-0.4, -0.2) is 23.0 Å². The number of ether oxygens (including phenoxy) is 1. The molecule has 1 fully saturated rings. The highest BCUT2D eigenvalue weighted by Gasteiger charge is 2.37. The Morgan fingerprint density at radius 3 is 2.45 bits per heavy atom. The Balaban J connectivity index is 2.14. The molecule has 0 aliphatic carbocycles. The Hall–Kier alpha value is -1.39. The second-order valence-electron chi connectivity index (χ2n) is 5.47. The number of rotatable bonds is 10. The van der Waals surface area contributed by atoms with Crippen molar-refractivity contribution in [2.75, 3.05) is 0 Å². The summed E-state index contributed by atoms with van der Waals surface area (Å²) >= 11 is 0. The van der Waals surface area contributed by atoms with Gasteiger partial charge in [-0.15, -0.1) is 0 Å². The Morgan fingerprint density at radius 2 is 1.90 bits per heavy atom. The van der Waals surface area contributed by atoms with Gasteiger partial charge in [0.05, 0.1) is 12.3 Å². The predicted octanol–water partition coefficient (Wildman–Crippen LogP) is 2.92. The minimum absolute atomic E-state index is 0.230. The van der Waals surface area contributed by atoms with Crippen LogP contribution in [0.15, 0.2) is 0 Å². The van der Waals surface area contributed by atoms with Gasteiger partial charge in [-0.05, 0) is 18.8 Å². The van der Waals surface area contributed by atoms with Crippen molar-refractivity contribution < 1.29 is 24.2 Å². The highest BCUT2D eigenvalue weighted by molar-refractivity contribution is 5.94. The van der Waals surface area contributed by atoms with E-state index in [1.54, 1.807) is 0 Å². The molecule has 20 heavy (non-hydrogen) atoms. The maximum absolute atomic E-state index is 11.5. The van der Waals surface area contributed by atoms with Gasteiger partial charge in [-0.3, -0.25) is 14.4 Å². The molecule has 0 spiro atoms. The molecule has 0 aromatic rings. The van der Waals surface area contributed by atoms with Crippen molar-refractivity contribution in [2.45, 2.75) is 64.7 Å². The van der Waals surface area contributed by atoms with E-state index in [-0.39, 0.29) is 30.6 Å². The van der Waals surface area contributed by atoms with E-state index >= 15 is 0 Å². The lowest BCUT2D eigenvalue weighted by Crippen LogP contribution is -2.19. The average molecular weight is 284 g/mol. The van der Waals surface area contributed by atoms with Crippen LogP contribution in [0.2, 0.25) is 0 Å². The largest absolute Gasteiger partial charge is 0.481 e. The van der Waals surface area contributed by atoms with Crippen molar-refractivity contribution in [2.24, 2.45) is 11.8 Å². The topological polar surface area (TPSA) is 80.7 Å². The number of hydrogen-bond donors (Lipinski definition) is 1. The third-order valence-electron chi connectivity index (χ3n) is 3.96. The van der Waals surface area contributed by atoms with Gasteiger partial charge in [0.15, 0.2) is 0 Å². The van der Waals surface area contributed by atoms with E-state index in [0.29, 0.717) is 0 Å². The molecule has 0 bridgehead atoms. The summed E-state index contributed by atoms with van der Waals surface area (Å²) in [5, 5.41) is 8.52. The van der Waals surface area contributed by atoms with Crippen LogP contribution in [0.1, 0.15) is 64.7 Å². The van der Waals surface area contributed by atoms with Crippen molar-refractivity contribution in [3.8, 4) is 0 Å². The van der Waals surface area contributed by atoms with Crippen molar-refractivity contribution in [3.05, 3.63) is 0 Å². The fourth-order valence-electron chi connectivity index (χ4n) is 2.75. The van der Waals surface area contributed by atoms with E-state index in [1.165, 1.54) is 0 Å². The maximum atomic E-state index is 11.5. The van der Waals surface area contributed by atoms with Crippen LogP contribution >= 0.6 is 0 Å². The molecule has 1 saturated heterocycles. The molecule has 2 atom stereocenters. The Morgan fingerprint density at radius 1 is 1.25 bits per heavy atom. The van der Waals surface area contributed by atoms with Gasteiger partial charge in [0, 0.05) is 6.42 Å². The number of unbranched alkanes of at least 4 members (excludes halogenated alkanes) is 4. The molecule has 0 amide bonds. The normalized spacial score (nSPS) is 19.9. The zero-order valence-corrected chi connectivity index (χ0v) is 12.1. The van der Waals surface area contributed by atoms with Crippen molar-refractivity contribution in [1.82, 2.24) is 0 Å². The standard InChI is InChI=1S/C15H24O5/c1-2-11(12-10-14(18)20-15(12)19)8-6-4-3-5-7-9-13(16)17/h11-12H,2-10H2,1H3,(H,16,17). The van der Waals surface area contributed by atoms with E-state index in [9.17, 15) is 14.4 Å². The molecule has 5 heteroatoms. The van der Waals surface area contributed by atoms with Crippen LogP contribution in [0.25, 0.3) is 0 Å². The first-order chi connectivity index (χ1) is 9.54. The first kappa shape index (κ1) is 16.7. The zero-order valence-electron chi connectivity index (χ0n) is 12.1. The number of esters is 2. The van der Waals surface area contributed by atoms with Crippen molar-refractivity contribution in [1.29, 1.82) is 0 Å². The highest BCUT2D eigenvalue weighted by Crippen LogP contribution is 2.30. The number of carboxylic acids is 1. The molecule has 0 aromatic carbocycles. The quantitative estimate of drug-likeness (QED) is 0.379. The van der Waals surface area contributed by atoms with E-state index in [2.05, 4.69) is 4.74 Å². The summed E-state index contributed by atoms with van der Waals surface area (Å²) in [6.07, 6.45) is 7.05. The van der Waals surface area contributed by atoms with Gasteiger partial charge in [0.2, 0.25) is 0 Å². The van der Waals surface area contributed by atoms with E-state index in [0.717, 1.165) is 44.9 Å². The summed E-state index contributed by atoms with van der Waals surface area (Å²) in [4.78, 5) is 33.0. The van der Waals surface area contributed by atoms with Gasteiger partial charge in [0.1, 0.15) is 0 Å². The van der Waals surface area contributed by atoms with Crippen molar-refractivity contribution in [3.63, 3.8) is 0 Å². The minimum atomic E-state index is -0.736. The van der Waals surface area contributed by atoms with Crippen LogP contribution in [0, 0.1) is 11.8 Å². The molecule has 0 aromatic heterocycles. The number of carbonyl (C=O) groups excluding carboxylic acids is 2. The number of hydrogen-bond acceptors (Lipinski definition) is 4. The SMILES string of the molecule is CCC(CCCCCCCC(=O)O)C1CC(=O)OC1=O. The Kier molecular flexibility index (Phi) is 7.26. The molecule has 2 unspecified atom stereocenters. The maximum Gasteiger partial charge on any atom is 0.317 e. The molecule has 1 N–H and O–H groups in total. The summed E-state index contributed by atoms with van der Waals surface area (Å²) in [5.74, 6) is -1.51. The van der Waals surface area contributed by atoms with E-state index < -0.39 is 11.9 Å². The van der Waals surface area contributed by atoms with Gasteiger partial charge in [-0.25, -0.2) is 0 Å². The number of cyclic esters (lactones) is 2. The summed E-state index contributed by atoms with van der Waals surface area (Å²) in [7, 11) is 0. The second kappa shape index (κ2) is 8.72. The smallest absolute Gasteiger partial charge is 0.317 e. The van der Waals surface area contributed by atoms with Gasteiger partial charge in [-0.1, -0.05) is 39.0 Å². The van der Waals surface area contributed by atoms with Crippen LogP contribution in [-0.2, 0) is 19.1 Å². The highest BCUT2D eigenvalue weighted by atomic mass is 16.6. The van der Waals surface area contributed by atoms with Crippen LogP contribution < -0.4 is 0 Å². The lowest BCUT2D eigenvalue weighted by molar-refractivity contribution is -0.153. The second-order valence-corrected chi connectivity index (χ2v) is 5.47.